The largest absolute Gasteiger partial charge is 0.316 e. The molecule has 18 heavy (non-hydrogen) atoms. The quantitative estimate of drug-likeness (QED) is 0.650. The van der Waals surface area contributed by atoms with Crippen LogP contribution in [0.4, 0.5) is 0 Å². The summed E-state index contributed by atoms with van der Waals surface area (Å²) in [6.45, 7) is 21.8. The fourth-order valence-electron chi connectivity index (χ4n) is 3.89. The van der Waals surface area contributed by atoms with Crippen LogP contribution in [-0.2, 0) is 0 Å². The summed E-state index contributed by atoms with van der Waals surface area (Å²) >= 11 is 0. The third kappa shape index (κ3) is 3.98. The molecule has 1 atom stereocenters. The van der Waals surface area contributed by atoms with Gasteiger partial charge in [-0.15, -0.1) is 0 Å². The van der Waals surface area contributed by atoms with Crippen molar-refractivity contribution in [2.24, 2.45) is 21.7 Å². The van der Waals surface area contributed by atoms with E-state index in [0.29, 0.717) is 21.7 Å². The highest BCUT2D eigenvalue weighted by atomic mass is 14.9. The van der Waals surface area contributed by atoms with Crippen molar-refractivity contribution in [1.82, 2.24) is 5.32 Å². The molecule has 0 aromatic rings. The summed E-state index contributed by atoms with van der Waals surface area (Å²) < 4.78 is 0. The second-order valence-corrected chi connectivity index (χ2v) is 9.42. The highest BCUT2D eigenvalue weighted by Crippen LogP contribution is 2.50. The summed E-state index contributed by atoms with van der Waals surface area (Å²) in [5.74, 6) is 0. The van der Waals surface area contributed by atoms with Gasteiger partial charge < -0.3 is 5.32 Å². The molecule has 0 spiro atoms. The number of hydrogen-bond donors (Lipinski definition) is 1. The van der Waals surface area contributed by atoms with Crippen LogP contribution in [0.2, 0.25) is 0 Å². The molecule has 0 bridgehead atoms. The van der Waals surface area contributed by atoms with Gasteiger partial charge in [0.2, 0.25) is 0 Å². The Morgan fingerprint density at radius 1 is 0.833 bits per heavy atom. The predicted molar refractivity (Wildman–Crippen MR) is 81.8 cm³/mol. The van der Waals surface area contributed by atoms with Crippen LogP contribution in [0.15, 0.2) is 0 Å². The van der Waals surface area contributed by atoms with Gasteiger partial charge in [0.25, 0.3) is 0 Å². The lowest BCUT2D eigenvalue weighted by molar-refractivity contribution is 0.0378. The maximum absolute atomic E-state index is 3.72. The Morgan fingerprint density at radius 3 is 1.89 bits per heavy atom. The molecular weight excluding hydrogens is 218 g/mol. The number of rotatable bonds is 0. The van der Waals surface area contributed by atoms with Gasteiger partial charge in [-0.2, -0.15) is 0 Å². The molecule has 1 aliphatic rings. The third-order valence-corrected chi connectivity index (χ3v) is 5.13. The average molecular weight is 253 g/mol. The first-order chi connectivity index (χ1) is 7.87. The molecule has 0 radical (unpaired) electrons. The van der Waals surface area contributed by atoms with E-state index in [9.17, 15) is 0 Å². The SMILES string of the molecule is CC1(C)CCNCC(C)(C(C)(C)C)CC(C)(C)C1. The Labute approximate surface area is 115 Å². The minimum absolute atomic E-state index is 0.353. The van der Waals surface area contributed by atoms with E-state index < -0.39 is 0 Å². The van der Waals surface area contributed by atoms with Gasteiger partial charge in [0.1, 0.15) is 0 Å². The van der Waals surface area contributed by atoms with Crippen LogP contribution in [0, 0.1) is 21.7 Å². The Hall–Kier alpha value is -0.0400. The third-order valence-electron chi connectivity index (χ3n) is 5.13. The molecule has 0 aromatic heterocycles. The Kier molecular flexibility index (Phi) is 4.28. The van der Waals surface area contributed by atoms with Crippen molar-refractivity contribution in [2.75, 3.05) is 13.1 Å². The molecule has 0 aliphatic carbocycles. The van der Waals surface area contributed by atoms with Gasteiger partial charge in [0.05, 0.1) is 0 Å². The molecule has 1 rings (SSSR count). The summed E-state index contributed by atoms with van der Waals surface area (Å²) in [5, 5.41) is 3.72. The molecule has 1 heterocycles. The molecule has 1 nitrogen and oxygen atoms in total. The smallest absolute Gasteiger partial charge is 0.00104 e. The van der Waals surface area contributed by atoms with Crippen LogP contribution in [0.25, 0.3) is 0 Å². The van der Waals surface area contributed by atoms with Crippen LogP contribution in [-0.4, -0.2) is 13.1 Å². The summed E-state index contributed by atoms with van der Waals surface area (Å²) in [7, 11) is 0. The zero-order valence-corrected chi connectivity index (χ0v) is 14.0. The molecule has 1 aliphatic heterocycles. The van der Waals surface area contributed by atoms with Crippen molar-refractivity contribution in [3.63, 3.8) is 0 Å². The van der Waals surface area contributed by atoms with Crippen LogP contribution >= 0.6 is 0 Å². The maximum Gasteiger partial charge on any atom is 0.00104 e. The minimum atomic E-state index is 0.353. The second kappa shape index (κ2) is 4.81. The number of hydrogen-bond acceptors (Lipinski definition) is 1. The van der Waals surface area contributed by atoms with Crippen LogP contribution in [0.3, 0.4) is 0 Å². The molecule has 1 heteroatoms. The standard InChI is InChI=1S/C17H35N/c1-14(2,3)17(8)12-16(6,7)11-15(4,5)9-10-18-13-17/h18H,9-13H2,1-8H3. The summed E-state index contributed by atoms with van der Waals surface area (Å²) in [6.07, 6.45) is 3.92. The van der Waals surface area contributed by atoms with Crippen molar-refractivity contribution in [3.8, 4) is 0 Å². The van der Waals surface area contributed by atoms with Gasteiger partial charge in [0, 0.05) is 6.54 Å². The zero-order chi connectivity index (χ0) is 14.2. The van der Waals surface area contributed by atoms with Crippen molar-refractivity contribution in [3.05, 3.63) is 0 Å². The fraction of sp³-hybridized carbons (Fsp3) is 1.00. The summed E-state index contributed by atoms with van der Waals surface area (Å²) in [5.41, 5.74) is 1.61. The predicted octanol–water partition coefficient (Wildman–Crippen LogP) is 4.86. The molecule has 1 saturated heterocycles. The lowest BCUT2D eigenvalue weighted by Crippen LogP contribution is -2.44. The van der Waals surface area contributed by atoms with E-state index in [4.69, 9.17) is 0 Å². The van der Waals surface area contributed by atoms with Crippen LogP contribution in [0.1, 0.15) is 74.7 Å². The maximum atomic E-state index is 3.72. The Balaban J connectivity index is 3.00. The molecule has 108 valence electrons. The molecule has 1 fully saturated rings. The number of nitrogens with one attached hydrogen (secondary N) is 1. The molecule has 0 amide bonds. The van der Waals surface area contributed by atoms with E-state index >= 15 is 0 Å². The molecule has 1 N–H and O–H groups in total. The van der Waals surface area contributed by atoms with Crippen molar-refractivity contribution >= 4 is 0 Å². The van der Waals surface area contributed by atoms with E-state index in [1.165, 1.54) is 19.3 Å². The van der Waals surface area contributed by atoms with E-state index in [2.05, 4.69) is 60.7 Å². The zero-order valence-electron chi connectivity index (χ0n) is 14.0. The molecular formula is C17H35N. The molecule has 0 aromatic carbocycles. The lowest BCUT2D eigenvalue weighted by atomic mass is 9.59. The second-order valence-electron chi connectivity index (χ2n) is 9.42. The highest BCUT2D eigenvalue weighted by Gasteiger charge is 2.43. The van der Waals surface area contributed by atoms with Gasteiger partial charge >= 0.3 is 0 Å². The van der Waals surface area contributed by atoms with Crippen molar-refractivity contribution < 1.29 is 0 Å². The van der Waals surface area contributed by atoms with Crippen molar-refractivity contribution in [1.29, 1.82) is 0 Å². The van der Waals surface area contributed by atoms with E-state index in [1.807, 2.05) is 0 Å². The molecule has 0 saturated carbocycles. The average Bonchev–Trinajstić information content (AvgIpc) is 2.10. The fourth-order valence-corrected chi connectivity index (χ4v) is 3.89. The lowest BCUT2D eigenvalue weighted by Gasteiger charge is -2.47. The summed E-state index contributed by atoms with van der Waals surface area (Å²) in [4.78, 5) is 0. The minimum Gasteiger partial charge on any atom is -0.316 e. The highest BCUT2D eigenvalue weighted by molar-refractivity contribution is 4.95. The van der Waals surface area contributed by atoms with E-state index in [-0.39, 0.29) is 0 Å². The van der Waals surface area contributed by atoms with Crippen LogP contribution < -0.4 is 5.32 Å². The van der Waals surface area contributed by atoms with Crippen molar-refractivity contribution in [2.45, 2.75) is 74.7 Å². The molecule has 1 unspecified atom stereocenters. The topological polar surface area (TPSA) is 12.0 Å². The van der Waals surface area contributed by atoms with Gasteiger partial charge in [-0.3, -0.25) is 0 Å². The van der Waals surface area contributed by atoms with Gasteiger partial charge in [0.15, 0.2) is 0 Å². The Morgan fingerprint density at radius 2 is 1.39 bits per heavy atom. The van der Waals surface area contributed by atoms with Gasteiger partial charge in [-0.1, -0.05) is 55.4 Å². The first-order valence-corrected chi connectivity index (χ1v) is 7.58. The monoisotopic (exact) mass is 253 g/mol. The first kappa shape index (κ1) is 16.0. The van der Waals surface area contributed by atoms with Gasteiger partial charge in [-0.25, -0.2) is 0 Å². The van der Waals surface area contributed by atoms with Crippen LogP contribution in [0.5, 0.6) is 0 Å². The Bertz CT molecular complexity index is 282. The summed E-state index contributed by atoms with van der Waals surface area (Å²) in [6, 6.07) is 0. The van der Waals surface area contributed by atoms with E-state index in [0.717, 1.165) is 13.1 Å². The first-order valence-electron chi connectivity index (χ1n) is 7.58. The van der Waals surface area contributed by atoms with Gasteiger partial charge in [-0.05, 0) is 47.5 Å². The van der Waals surface area contributed by atoms with E-state index in [1.54, 1.807) is 0 Å². The normalized spacial score (nSPS) is 33.3.